The minimum Gasteiger partial charge on any atom is -0.486 e. The Labute approximate surface area is 109 Å². The molecule has 2 aromatic heterocycles. The summed E-state index contributed by atoms with van der Waals surface area (Å²) in [6.45, 7) is 2.11. The fourth-order valence-electron chi connectivity index (χ4n) is 1.82. The molecule has 2 heterocycles. The highest BCUT2D eigenvalue weighted by Crippen LogP contribution is 2.28. The summed E-state index contributed by atoms with van der Waals surface area (Å²) in [5, 5.41) is 8.36. The van der Waals surface area contributed by atoms with Crippen molar-refractivity contribution < 1.29 is 9.37 Å². The fourth-order valence-corrected chi connectivity index (χ4v) is 1.82. The molecule has 6 heteroatoms. The number of pyridine rings is 1. The van der Waals surface area contributed by atoms with Crippen molar-refractivity contribution in [3.63, 3.8) is 0 Å². The molecule has 0 fully saturated rings. The van der Waals surface area contributed by atoms with Gasteiger partial charge in [-0.2, -0.15) is 0 Å². The van der Waals surface area contributed by atoms with Crippen LogP contribution in [0.3, 0.4) is 0 Å². The van der Waals surface area contributed by atoms with Crippen molar-refractivity contribution in [1.29, 1.82) is 0 Å². The van der Waals surface area contributed by atoms with Crippen LogP contribution in [0.25, 0.3) is 10.9 Å². The fraction of sp³-hybridized carbons (Fsp3) is 0.154. The Morgan fingerprint density at radius 2 is 2.16 bits per heavy atom. The van der Waals surface area contributed by atoms with Gasteiger partial charge in [0, 0.05) is 11.6 Å². The molecule has 0 radical (unpaired) electrons. The number of fused-ring (bicyclic) bond motifs is 1. The molecule has 3 rings (SSSR count). The van der Waals surface area contributed by atoms with Gasteiger partial charge in [-0.1, -0.05) is 10.3 Å². The SMILES string of the molecule is Cc1nonc1COc1ccc(N)c2ncccc12. The van der Waals surface area contributed by atoms with Gasteiger partial charge >= 0.3 is 0 Å². The van der Waals surface area contributed by atoms with E-state index in [1.165, 1.54) is 0 Å². The van der Waals surface area contributed by atoms with E-state index in [2.05, 4.69) is 19.9 Å². The zero-order valence-corrected chi connectivity index (χ0v) is 10.3. The number of nitrogens with two attached hydrogens (primary N) is 1. The summed E-state index contributed by atoms with van der Waals surface area (Å²) >= 11 is 0. The molecule has 2 N–H and O–H groups in total. The van der Waals surface area contributed by atoms with E-state index in [0.29, 0.717) is 23.7 Å². The van der Waals surface area contributed by atoms with Crippen molar-refractivity contribution in [3.05, 3.63) is 41.9 Å². The topological polar surface area (TPSA) is 87.1 Å². The van der Waals surface area contributed by atoms with Crippen molar-refractivity contribution in [1.82, 2.24) is 15.3 Å². The van der Waals surface area contributed by atoms with E-state index in [1.807, 2.05) is 25.1 Å². The largest absolute Gasteiger partial charge is 0.486 e. The molecule has 0 unspecified atom stereocenters. The Hall–Kier alpha value is -2.63. The van der Waals surface area contributed by atoms with Crippen LogP contribution in [0.5, 0.6) is 5.75 Å². The third kappa shape index (κ3) is 2.08. The van der Waals surface area contributed by atoms with Gasteiger partial charge in [0.1, 0.15) is 23.7 Å². The minimum atomic E-state index is 0.295. The number of anilines is 1. The lowest BCUT2D eigenvalue weighted by molar-refractivity contribution is 0.271. The second-order valence-corrected chi connectivity index (χ2v) is 4.14. The maximum absolute atomic E-state index is 5.88. The normalized spacial score (nSPS) is 10.8. The molecule has 0 saturated carbocycles. The van der Waals surface area contributed by atoms with Crippen LogP contribution in [0, 0.1) is 6.92 Å². The Morgan fingerprint density at radius 1 is 1.26 bits per heavy atom. The predicted octanol–water partition coefficient (Wildman–Crippen LogP) is 2.09. The first-order chi connectivity index (χ1) is 9.25. The lowest BCUT2D eigenvalue weighted by atomic mass is 10.2. The summed E-state index contributed by atoms with van der Waals surface area (Å²) < 4.78 is 10.4. The highest BCUT2D eigenvalue weighted by Gasteiger charge is 2.09. The molecule has 0 spiro atoms. The highest BCUT2D eigenvalue weighted by atomic mass is 16.6. The van der Waals surface area contributed by atoms with Gasteiger partial charge in [0.2, 0.25) is 0 Å². The van der Waals surface area contributed by atoms with Crippen LogP contribution in [-0.4, -0.2) is 15.3 Å². The lowest BCUT2D eigenvalue weighted by Crippen LogP contribution is -1.99. The number of ether oxygens (including phenoxy) is 1. The first kappa shape index (κ1) is 11.5. The first-order valence-electron chi connectivity index (χ1n) is 5.80. The molecule has 0 aliphatic carbocycles. The van der Waals surface area contributed by atoms with Gasteiger partial charge in [-0.05, 0) is 31.2 Å². The van der Waals surface area contributed by atoms with Crippen LogP contribution >= 0.6 is 0 Å². The Morgan fingerprint density at radius 3 is 2.95 bits per heavy atom. The molecule has 0 saturated heterocycles. The minimum absolute atomic E-state index is 0.295. The molecule has 0 atom stereocenters. The van der Waals surface area contributed by atoms with Crippen LogP contribution in [0.1, 0.15) is 11.4 Å². The quantitative estimate of drug-likeness (QED) is 0.722. The van der Waals surface area contributed by atoms with Crippen LogP contribution in [0.15, 0.2) is 35.1 Å². The maximum Gasteiger partial charge on any atom is 0.145 e. The van der Waals surface area contributed by atoms with Gasteiger partial charge in [-0.15, -0.1) is 0 Å². The molecule has 6 nitrogen and oxygen atoms in total. The van der Waals surface area contributed by atoms with Gasteiger partial charge in [0.05, 0.1) is 11.2 Å². The van der Waals surface area contributed by atoms with Crippen molar-refractivity contribution in [2.24, 2.45) is 0 Å². The van der Waals surface area contributed by atoms with Crippen LogP contribution in [0.4, 0.5) is 5.69 Å². The highest BCUT2D eigenvalue weighted by molar-refractivity contribution is 5.93. The van der Waals surface area contributed by atoms with E-state index in [0.717, 1.165) is 16.6 Å². The smallest absolute Gasteiger partial charge is 0.145 e. The second kappa shape index (κ2) is 4.56. The Bertz CT molecular complexity index is 723. The van der Waals surface area contributed by atoms with Crippen molar-refractivity contribution in [2.45, 2.75) is 13.5 Å². The summed E-state index contributed by atoms with van der Waals surface area (Å²) in [5.74, 6) is 0.708. The number of hydrogen-bond acceptors (Lipinski definition) is 6. The summed E-state index contributed by atoms with van der Waals surface area (Å²) in [7, 11) is 0. The molecule has 19 heavy (non-hydrogen) atoms. The van der Waals surface area contributed by atoms with Gasteiger partial charge in [-0.25, -0.2) is 4.63 Å². The molecular formula is C13H12N4O2. The Kier molecular flexibility index (Phi) is 2.75. The zero-order valence-electron chi connectivity index (χ0n) is 10.3. The van der Waals surface area contributed by atoms with E-state index in [-0.39, 0.29) is 0 Å². The van der Waals surface area contributed by atoms with Crippen molar-refractivity contribution in [3.8, 4) is 5.75 Å². The van der Waals surface area contributed by atoms with Crippen LogP contribution < -0.4 is 10.5 Å². The lowest BCUT2D eigenvalue weighted by Gasteiger charge is -2.09. The van der Waals surface area contributed by atoms with E-state index >= 15 is 0 Å². The maximum atomic E-state index is 5.88. The average molecular weight is 256 g/mol. The number of nitrogen functional groups attached to an aromatic ring is 1. The standard InChI is InChI=1S/C13H12N4O2/c1-8-11(17-19-16-8)7-18-12-5-4-10(14)13-9(12)3-2-6-15-13/h2-6H,7,14H2,1H3. The summed E-state index contributed by atoms with van der Waals surface area (Å²) in [5.41, 5.74) is 8.64. The van der Waals surface area contributed by atoms with E-state index in [4.69, 9.17) is 10.5 Å². The van der Waals surface area contributed by atoms with E-state index in [9.17, 15) is 0 Å². The molecule has 0 aliphatic rings. The third-order valence-electron chi connectivity index (χ3n) is 2.87. The molecule has 0 amide bonds. The van der Waals surface area contributed by atoms with E-state index in [1.54, 1.807) is 12.3 Å². The molecular weight excluding hydrogens is 244 g/mol. The van der Waals surface area contributed by atoms with Crippen molar-refractivity contribution >= 4 is 16.6 Å². The summed E-state index contributed by atoms with van der Waals surface area (Å²) in [6.07, 6.45) is 1.70. The van der Waals surface area contributed by atoms with Gasteiger partial charge in [-0.3, -0.25) is 4.98 Å². The number of aryl methyl sites for hydroxylation is 1. The molecule has 96 valence electrons. The van der Waals surface area contributed by atoms with Gasteiger partial charge < -0.3 is 10.5 Å². The number of rotatable bonds is 3. The van der Waals surface area contributed by atoms with Gasteiger partial charge in [0.15, 0.2) is 0 Å². The van der Waals surface area contributed by atoms with Crippen LogP contribution in [-0.2, 0) is 6.61 Å². The third-order valence-corrected chi connectivity index (χ3v) is 2.87. The second-order valence-electron chi connectivity index (χ2n) is 4.14. The van der Waals surface area contributed by atoms with Crippen molar-refractivity contribution in [2.75, 3.05) is 5.73 Å². The monoisotopic (exact) mass is 256 g/mol. The summed E-state index contributed by atoms with van der Waals surface area (Å²) in [4.78, 5) is 4.25. The molecule has 0 aliphatic heterocycles. The predicted molar refractivity (Wildman–Crippen MR) is 69.5 cm³/mol. The molecule has 1 aromatic carbocycles. The molecule has 0 bridgehead atoms. The Balaban J connectivity index is 1.93. The number of benzene rings is 1. The average Bonchev–Trinajstić information content (AvgIpc) is 2.84. The van der Waals surface area contributed by atoms with Crippen LogP contribution in [0.2, 0.25) is 0 Å². The number of nitrogens with zero attached hydrogens (tertiary/aromatic N) is 3. The number of hydrogen-bond donors (Lipinski definition) is 1. The van der Waals surface area contributed by atoms with Gasteiger partial charge in [0.25, 0.3) is 0 Å². The summed E-state index contributed by atoms with van der Waals surface area (Å²) in [6, 6.07) is 7.36. The van der Waals surface area contributed by atoms with E-state index < -0.39 is 0 Å². The zero-order chi connectivity index (χ0) is 13.2. The number of aromatic nitrogens is 3. The molecule has 3 aromatic rings. The first-order valence-corrected chi connectivity index (χ1v) is 5.80.